The number of nitrogens with two attached hydrogens (primary N) is 1. The molecule has 3 heteroatoms. The van der Waals surface area contributed by atoms with Gasteiger partial charge in [0.05, 0.1) is 11.9 Å². The van der Waals surface area contributed by atoms with E-state index in [0.29, 0.717) is 0 Å². The number of pyridine rings is 1. The van der Waals surface area contributed by atoms with Crippen LogP contribution in [0.2, 0.25) is 0 Å². The minimum absolute atomic E-state index is 0.737. The molecule has 106 valence electrons. The average Bonchev–Trinajstić information content (AvgIpc) is 2.43. The summed E-state index contributed by atoms with van der Waals surface area (Å²) in [6, 6.07) is 6.41. The molecule has 0 spiro atoms. The first-order chi connectivity index (χ1) is 9.49. The second kappa shape index (κ2) is 5.95. The van der Waals surface area contributed by atoms with Gasteiger partial charge < -0.3 is 11.1 Å². The lowest BCUT2D eigenvalue weighted by molar-refractivity contribution is 0.985. The van der Waals surface area contributed by atoms with Crippen molar-refractivity contribution in [3.8, 4) is 0 Å². The molecule has 20 heavy (non-hydrogen) atoms. The van der Waals surface area contributed by atoms with Gasteiger partial charge in [0, 0.05) is 6.54 Å². The highest BCUT2D eigenvalue weighted by Crippen LogP contribution is 2.18. The molecule has 0 aliphatic heterocycles. The third-order valence-electron chi connectivity index (χ3n) is 4.02. The third kappa shape index (κ3) is 3.10. The van der Waals surface area contributed by atoms with E-state index in [1.165, 1.54) is 22.3 Å². The Morgan fingerprint density at radius 1 is 1.05 bits per heavy atom. The topological polar surface area (TPSA) is 50.9 Å². The second-order valence-electron chi connectivity index (χ2n) is 5.39. The first-order valence-corrected chi connectivity index (χ1v) is 7.00. The molecule has 0 atom stereocenters. The molecule has 1 heterocycles. The van der Waals surface area contributed by atoms with E-state index in [4.69, 9.17) is 5.73 Å². The maximum absolute atomic E-state index is 5.77. The van der Waals surface area contributed by atoms with Crippen molar-refractivity contribution in [2.24, 2.45) is 0 Å². The number of hydrogen-bond acceptors (Lipinski definition) is 3. The van der Waals surface area contributed by atoms with Crippen LogP contribution in [0.15, 0.2) is 24.4 Å². The molecule has 3 nitrogen and oxygen atoms in total. The van der Waals surface area contributed by atoms with Gasteiger partial charge in [-0.05, 0) is 68.0 Å². The van der Waals surface area contributed by atoms with Gasteiger partial charge in [0.1, 0.15) is 5.82 Å². The molecule has 0 amide bonds. The lowest BCUT2D eigenvalue weighted by Crippen LogP contribution is -2.08. The molecule has 2 aromatic rings. The molecule has 3 N–H and O–H groups in total. The van der Waals surface area contributed by atoms with Gasteiger partial charge in [-0.25, -0.2) is 4.98 Å². The van der Waals surface area contributed by atoms with E-state index in [2.05, 4.69) is 43.2 Å². The van der Waals surface area contributed by atoms with Crippen LogP contribution in [0.1, 0.15) is 27.8 Å². The first kappa shape index (κ1) is 14.4. The summed E-state index contributed by atoms with van der Waals surface area (Å²) in [5, 5.41) is 3.36. The summed E-state index contributed by atoms with van der Waals surface area (Å²) in [5.74, 6) is 0.887. The zero-order valence-electron chi connectivity index (χ0n) is 12.7. The number of anilines is 2. The van der Waals surface area contributed by atoms with Crippen LogP contribution < -0.4 is 11.1 Å². The standard InChI is InChI=1S/C17H23N3/c1-11-5-6-15(14(4)13(11)3)7-8-19-17-9-12(2)16(18)10-20-17/h5-6,9-10H,7-8,18H2,1-4H3,(H,19,20). The highest BCUT2D eigenvalue weighted by atomic mass is 15.0. The zero-order chi connectivity index (χ0) is 14.7. The van der Waals surface area contributed by atoms with Gasteiger partial charge in [0.25, 0.3) is 0 Å². The highest BCUT2D eigenvalue weighted by Gasteiger charge is 2.04. The minimum atomic E-state index is 0.737. The van der Waals surface area contributed by atoms with E-state index < -0.39 is 0 Å². The molecular weight excluding hydrogens is 246 g/mol. The number of rotatable bonds is 4. The van der Waals surface area contributed by atoms with E-state index in [9.17, 15) is 0 Å². The van der Waals surface area contributed by atoms with Gasteiger partial charge in [0.15, 0.2) is 0 Å². The number of nitrogens with zero attached hydrogens (tertiary/aromatic N) is 1. The predicted octanol–water partition coefficient (Wildman–Crippen LogP) is 3.55. The van der Waals surface area contributed by atoms with Crippen LogP contribution in [0.3, 0.4) is 0 Å². The van der Waals surface area contributed by atoms with Crippen molar-refractivity contribution in [2.45, 2.75) is 34.1 Å². The molecule has 0 saturated carbocycles. The van der Waals surface area contributed by atoms with Crippen LogP contribution in [-0.4, -0.2) is 11.5 Å². The van der Waals surface area contributed by atoms with Gasteiger partial charge >= 0.3 is 0 Å². The summed E-state index contributed by atoms with van der Waals surface area (Å²) in [6.45, 7) is 9.41. The maximum Gasteiger partial charge on any atom is 0.126 e. The SMILES string of the molecule is Cc1cc(NCCc2ccc(C)c(C)c2C)ncc1N. The van der Waals surface area contributed by atoms with Crippen molar-refractivity contribution >= 4 is 11.5 Å². The molecule has 2 rings (SSSR count). The van der Waals surface area contributed by atoms with Gasteiger partial charge in [-0.2, -0.15) is 0 Å². The second-order valence-corrected chi connectivity index (χ2v) is 5.39. The number of nitrogens with one attached hydrogen (secondary N) is 1. The van der Waals surface area contributed by atoms with E-state index in [1.54, 1.807) is 6.20 Å². The Kier molecular flexibility index (Phi) is 4.28. The van der Waals surface area contributed by atoms with Crippen molar-refractivity contribution in [3.05, 3.63) is 52.2 Å². The number of aromatic nitrogens is 1. The summed E-state index contributed by atoms with van der Waals surface area (Å²) in [4.78, 5) is 4.29. The Labute approximate surface area is 121 Å². The van der Waals surface area contributed by atoms with Crippen molar-refractivity contribution in [2.75, 3.05) is 17.6 Å². The van der Waals surface area contributed by atoms with Crippen LogP contribution in [-0.2, 0) is 6.42 Å². The molecule has 1 aromatic carbocycles. The Hall–Kier alpha value is -2.03. The smallest absolute Gasteiger partial charge is 0.126 e. The predicted molar refractivity (Wildman–Crippen MR) is 86.2 cm³/mol. The molecule has 0 saturated heterocycles. The lowest BCUT2D eigenvalue weighted by atomic mass is 9.97. The Morgan fingerprint density at radius 3 is 2.50 bits per heavy atom. The van der Waals surface area contributed by atoms with Gasteiger partial charge in [-0.3, -0.25) is 0 Å². The third-order valence-corrected chi connectivity index (χ3v) is 4.02. The average molecular weight is 269 g/mol. The summed E-state index contributed by atoms with van der Waals surface area (Å²) in [5.41, 5.74) is 13.1. The van der Waals surface area contributed by atoms with Crippen LogP contribution in [0.4, 0.5) is 11.5 Å². The van der Waals surface area contributed by atoms with Crippen molar-refractivity contribution in [1.29, 1.82) is 0 Å². The first-order valence-electron chi connectivity index (χ1n) is 7.00. The van der Waals surface area contributed by atoms with Crippen LogP contribution in [0.25, 0.3) is 0 Å². The summed E-state index contributed by atoms with van der Waals surface area (Å²) < 4.78 is 0. The number of benzene rings is 1. The van der Waals surface area contributed by atoms with Crippen LogP contribution in [0, 0.1) is 27.7 Å². The fraction of sp³-hybridized carbons (Fsp3) is 0.353. The zero-order valence-corrected chi connectivity index (χ0v) is 12.7. The maximum atomic E-state index is 5.77. The van der Waals surface area contributed by atoms with Gasteiger partial charge in [0.2, 0.25) is 0 Å². The number of hydrogen-bond donors (Lipinski definition) is 2. The fourth-order valence-corrected chi connectivity index (χ4v) is 2.27. The molecule has 0 aliphatic rings. The van der Waals surface area contributed by atoms with Crippen molar-refractivity contribution < 1.29 is 0 Å². The minimum Gasteiger partial charge on any atom is -0.397 e. The van der Waals surface area contributed by atoms with E-state index in [1.807, 2.05) is 13.0 Å². The van der Waals surface area contributed by atoms with Crippen LogP contribution in [0.5, 0.6) is 0 Å². The largest absolute Gasteiger partial charge is 0.397 e. The summed E-state index contributed by atoms with van der Waals surface area (Å²) in [6.07, 6.45) is 2.71. The van der Waals surface area contributed by atoms with E-state index in [0.717, 1.165) is 30.0 Å². The van der Waals surface area contributed by atoms with Crippen molar-refractivity contribution in [1.82, 2.24) is 4.98 Å². The van der Waals surface area contributed by atoms with E-state index >= 15 is 0 Å². The quantitative estimate of drug-likeness (QED) is 0.892. The van der Waals surface area contributed by atoms with Gasteiger partial charge in [-0.1, -0.05) is 12.1 Å². The Morgan fingerprint density at radius 2 is 1.80 bits per heavy atom. The summed E-state index contributed by atoms with van der Waals surface area (Å²) in [7, 11) is 0. The Bertz CT molecular complexity index is 618. The Balaban J connectivity index is 1.99. The van der Waals surface area contributed by atoms with Crippen LogP contribution >= 0.6 is 0 Å². The molecule has 0 radical (unpaired) electrons. The number of nitrogen functional groups attached to an aromatic ring is 1. The molecule has 0 bridgehead atoms. The monoisotopic (exact) mass is 269 g/mol. The van der Waals surface area contributed by atoms with Crippen molar-refractivity contribution in [3.63, 3.8) is 0 Å². The molecular formula is C17H23N3. The van der Waals surface area contributed by atoms with E-state index in [-0.39, 0.29) is 0 Å². The summed E-state index contributed by atoms with van der Waals surface area (Å²) >= 11 is 0. The molecule has 0 fully saturated rings. The highest BCUT2D eigenvalue weighted by molar-refractivity contribution is 5.51. The number of aryl methyl sites for hydroxylation is 2. The fourth-order valence-electron chi connectivity index (χ4n) is 2.27. The lowest BCUT2D eigenvalue weighted by Gasteiger charge is -2.12. The van der Waals surface area contributed by atoms with Gasteiger partial charge in [-0.15, -0.1) is 0 Å². The molecule has 0 unspecified atom stereocenters. The molecule has 1 aromatic heterocycles. The molecule has 0 aliphatic carbocycles. The normalized spacial score (nSPS) is 10.6.